The molecule has 3 nitrogen and oxygen atoms in total. The SMILES string of the molecule is O=C(OC[C@@H]1CCC[NH+]2CCCC[C@H]12)c1ccccc1Cl. The first kappa shape index (κ1) is 14.9. The van der Waals surface area contributed by atoms with Gasteiger partial charge in [-0.1, -0.05) is 23.7 Å². The Hall–Kier alpha value is -1.06. The minimum atomic E-state index is -0.288. The molecule has 0 radical (unpaired) electrons. The first-order valence-electron chi connectivity index (χ1n) is 8.02. The number of fused-ring (bicyclic) bond motifs is 1. The summed E-state index contributed by atoms with van der Waals surface area (Å²) in [5, 5.41) is 0.469. The van der Waals surface area contributed by atoms with Crippen molar-refractivity contribution in [1.82, 2.24) is 0 Å². The Morgan fingerprint density at radius 2 is 2.00 bits per heavy atom. The summed E-state index contributed by atoms with van der Waals surface area (Å²) in [4.78, 5) is 13.9. The molecule has 3 atom stereocenters. The molecule has 0 spiro atoms. The van der Waals surface area contributed by atoms with Crippen LogP contribution in [0.15, 0.2) is 24.3 Å². The first-order valence-corrected chi connectivity index (χ1v) is 8.40. The van der Waals surface area contributed by atoms with Crippen LogP contribution >= 0.6 is 11.6 Å². The number of quaternary nitrogens is 1. The Morgan fingerprint density at radius 1 is 1.19 bits per heavy atom. The number of ether oxygens (including phenoxy) is 1. The van der Waals surface area contributed by atoms with Crippen LogP contribution in [0.25, 0.3) is 0 Å². The molecule has 4 heteroatoms. The molecule has 114 valence electrons. The normalized spacial score (nSPS) is 28.7. The van der Waals surface area contributed by atoms with E-state index in [1.165, 1.54) is 45.2 Å². The van der Waals surface area contributed by atoms with E-state index in [1.54, 1.807) is 17.0 Å². The van der Waals surface area contributed by atoms with Crippen LogP contribution in [-0.4, -0.2) is 31.7 Å². The van der Waals surface area contributed by atoms with Crippen molar-refractivity contribution in [2.24, 2.45) is 5.92 Å². The van der Waals surface area contributed by atoms with Crippen LogP contribution in [0.1, 0.15) is 42.5 Å². The second kappa shape index (κ2) is 6.80. The van der Waals surface area contributed by atoms with Crippen molar-refractivity contribution in [3.63, 3.8) is 0 Å². The highest BCUT2D eigenvalue weighted by molar-refractivity contribution is 6.33. The fourth-order valence-corrected chi connectivity index (χ4v) is 4.08. The molecule has 3 rings (SSSR count). The fraction of sp³-hybridized carbons (Fsp3) is 0.588. The van der Waals surface area contributed by atoms with Gasteiger partial charge in [-0.25, -0.2) is 4.79 Å². The molecule has 0 bridgehead atoms. The fourth-order valence-electron chi connectivity index (χ4n) is 3.86. The van der Waals surface area contributed by atoms with Crippen molar-refractivity contribution in [3.8, 4) is 0 Å². The van der Waals surface area contributed by atoms with Gasteiger partial charge in [-0.3, -0.25) is 0 Å². The number of nitrogens with one attached hydrogen (secondary N) is 1. The molecule has 0 aromatic heterocycles. The van der Waals surface area contributed by atoms with Crippen molar-refractivity contribution in [2.75, 3.05) is 19.7 Å². The van der Waals surface area contributed by atoms with E-state index in [1.807, 2.05) is 12.1 Å². The second-order valence-corrected chi connectivity index (χ2v) is 6.65. The van der Waals surface area contributed by atoms with Crippen LogP contribution in [0.4, 0.5) is 0 Å². The van der Waals surface area contributed by atoms with Crippen molar-refractivity contribution in [2.45, 2.75) is 38.1 Å². The molecule has 1 unspecified atom stereocenters. The van der Waals surface area contributed by atoms with Gasteiger partial charge in [0, 0.05) is 5.92 Å². The van der Waals surface area contributed by atoms with Gasteiger partial charge in [0.05, 0.1) is 29.7 Å². The van der Waals surface area contributed by atoms with Gasteiger partial charge in [-0.15, -0.1) is 0 Å². The van der Waals surface area contributed by atoms with Crippen molar-refractivity contribution < 1.29 is 14.4 Å². The summed E-state index contributed by atoms with van der Waals surface area (Å²) in [6.45, 7) is 3.12. The number of carbonyl (C=O) groups is 1. The van der Waals surface area contributed by atoms with Crippen LogP contribution in [-0.2, 0) is 4.74 Å². The van der Waals surface area contributed by atoms with Crippen LogP contribution in [0, 0.1) is 5.92 Å². The molecule has 1 aromatic carbocycles. The number of esters is 1. The molecule has 1 N–H and O–H groups in total. The summed E-state index contributed by atoms with van der Waals surface area (Å²) in [6, 6.07) is 7.78. The summed E-state index contributed by atoms with van der Waals surface area (Å²) in [5.41, 5.74) is 0.475. The lowest BCUT2D eigenvalue weighted by Gasteiger charge is -2.40. The summed E-state index contributed by atoms with van der Waals surface area (Å²) in [6.07, 6.45) is 6.38. The van der Waals surface area contributed by atoms with E-state index in [2.05, 4.69) is 0 Å². The van der Waals surface area contributed by atoms with E-state index in [9.17, 15) is 4.79 Å². The quantitative estimate of drug-likeness (QED) is 0.869. The summed E-state index contributed by atoms with van der Waals surface area (Å²) >= 11 is 6.05. The zero-order valence-electron chi connectivity index (χ0n) is 12.3. The highest BCUT2D eigenvalue weighted by Gasteiger charge is 2.37. The van der Waals surface area contributed by atoms with Crippen LogP contribution in [0.3, 0.4) is 0 Å². The predicted molar refractivity (Wildman–Crippen MR) is 82.8 cm³/mol. The number of carbonyl (C=O) groups excluding carboxylic acids is 1. The lowest BCUT2D eigenvalue weighted by Crippen LogP contribution is -3.18. The summed E-state index contributed by atoms with van der Waals surface area (Å²) < 4.78 is 5.56. The molecule has 21 heavy (non-hydrogen) atoms. The van der Waals surface area contributed by atoms with Crippen molar-refractivity contribution in [1.29, 1.82) is 0 Å². The predicted octanol–water partition coefficient (Wildman–Crippen LogP) is 2.34. The minimum absolute atomic E-state index is 0.288. The zero-order valence-corrected chi connectivity index (χ0v) is 13.1. The lowest BCUT2D eigenvalue weighted by atomic mass is 9.84. The molecule has 0 aliphatic carbocycles. The number of hydrogen-bond acceptors (Lipinski definition) is 2. The monoisotopic (exact) mass is 308 g/mol. The number of piperidine rings is 2. The number of benzene rings is 1. The van der Waals surface area contributed by atoms with Crippen LogP contribution < -0.4 is 4.90 Å². The smallest absolute Gasteiger partial charge is 0.339 e. The maximum absolute atomic E-state index is 12.2. The number of rotatable bonds is 3. The van der Waals surface area contributed by atoms with E-state index in [4.69, 9.17) is 16.3 Å². The van der Waals surface area contributed by atoms with E-state index in [-0.39, 0.29) is 5.97 Å². The van der Waals surface area contributed by atoms with Gasteiger partial charge in [0.1, 0.15) is 6.61 Å². The van der Waals surface area contributed by atoms with Crippen LogP contribution in [0.2, 0.25) is 5.02 Å². The van der Waals surface area contributed by atoms with E-state index in [0.717, 1.165) is 0 Å². The summed E-state index contributed by atoms with van der Waals surface area (Å²) in [5.74, 6) is 0.226. The number of halogens is 1. The topological polar surface area (TPSA) is 30.7 Å². The Balaban J connectivity index is 1.59. The Bertz CT molecular complexity index is 503. The van der Waals surface area contributed by atoms with Gasteiger partial charge in [0.15, 0.2) is 0 Å². The minimum Gasteiger partial charge on any atom is -0.462 e. The third-order valence-corrected chi connectivity index (χ3v) is 5.28. The first-order chi connectivity index (χ1) is 10.3. The molecule has 2 saturated heterocycles. The average Bonchev–Trinajstić information content (AvgIpc) is 2.53. The average molecular weight is 309 g/mol. The molecule has 1 aromatic rings. The van der Waals surface area contributed by atoms with Gasteiger partial charge in [-0.05, 0) is 44.2 Å². The maximum Gasteiger partial charge on any atom is 0.339 e. The zero-order chi connectivity index (χ0) is 14.7. The van der Waals surface area contributed by atoms with Crippen molar-refractivity contribution in [3.05, 3.63) is 34.9 Å². The number of hydrogen-bond donors (Lipinski definition) is 1. The van der Waals surface area contributed by atoms with E-state index in [0.29, 0.717) is 29.2 Å². The molecular formula is C17H23ClNO2+. The second-order valence-electron chi connectivity index (χ2n) is 6.24. The van der Waals surface area contributed by atoms with Crippen molar-refractivity contribution >= 4 is 17.6 Å². The lowest BCUT2D eigenvalue weighted by molar-refractivity contribution is -0.940. The molecule has 2 fully saturated rings. The van der Waals surface area contributed by atoms with E-state index < -0.39 is 0 Å². The summed E-state index contributed by atoms with van der Waals surface area (Å²) in [7, 11) is 0. The molecule has 0 amide bonds. The third-order valence-electron chi connectivity index (χ3n) is 4.95. The third kappa shape index (κ3) is 3.41. The Morgan fingerprint density at radius 3 is 2.86 bits per heavy atom. The molecule has 2 aliphatic heterocycles. The highest BCUT2D eigenvalue weighted by atomic mass is 35.5. The van der Waals surface area contributed by atoms with Gasteiger partial charge < -0.3 is 9.64 Å². The van der Waals surface area contributed by atoms with Gasteiger partial charge in [0.25, 0.3) is 0 Å². The van der Waals surface area contributed by atoms with Gasteiger partial charge in [0.2, 0.25) is 0 Å². The maximum atomic E-state index is 12.2. The molecule has 2 heterocycles. The van der Waals surface area contributed by atoms with Crippen LogP contribution in [0.5, 0.6) is 0 Å². The van der Waals surface area contributed by atoms with E-state index >= 15 is 0 Å². The Labute approximate surface area is 131 Å². The van der Waals surface area contributed by atoms with Gasteiger partial charge >= 0.3 is 5.97 Å². The largest absolute Gasteiger partial charge is 0.462 e. The molecule has 2 aliphatic rings. The molecule has 0 saturated carbocycles. The molecular weight excluding hydrogens is 286 g/mol. The standard InChI is InChI=1S/C17H22ClNO2/c18-15-8-2-1-7-14(15)17(20)21-12-13-6-5-11-19-10-4-3-9-16(13)19/h1-2,7-8,13,16H,3-6,9-12H2/p+1/t13-,16+/m0/s1. The highest BCUT2D eigenvalue weighted by Crippen LogP contribution is 2.22. The Kier molecular flexibility index (Phi) is 4.81. The van der Waals surface area contributed by atoms with Gasteiger partial charge in [-0.2, -0.15) is 0 Å².